The fraction of sp³-hybridized carbons (Fsp3) is 0.0333. The molecule has 1 aliphatic heterocycles. The summed E-state index contributed by atoms with van der Waals surface area (Å²) in [5, 5.41) is 4.15. The fourth-order valence-corrected chi connectivity index (χ4v) is 7.74. The first-order valence-electron chi connectivity index (χ1n) is 10.9. The third-order valence-electron chi connectivity index (χ3n) is 6.62. The number of fused-ring (bicyclic) bond motifs is 4. The SMILES string of the molecule is [C-]#[N+]c1cccc(-c2ccc(-c3cccc4c3P(C)(=O)c3ccccc3-4)c3ccccc23)c1. The molecule has 0 aliphatic carbocycles. The summed E-state index contributed by atoms with van der Waals surface area (Å²) in [7, 11) is -2.72. The normalized spacial score (nSPS) is 16.2. The van der Waals surface area contributed by atoms with Crippen molar-refractivity contribution in [3.05, 3.63) is 115 Å². The van der Waals surface area contributed by atoms with Crippen LogP contribution in [0.2, 0.25) is 0 Å². The number of hydrogen-bond donors (Lipinski definition) is 0. The molecule has 6 rings (SSSR count). The monoisotopic (exact) mass is 441 g/mol. The molecular formula is C30H20NOP. The van der Waals surface area contributed by atoms with Gasteiger partial charge in [-0.2, -0.15) is 0 Å². The predicted octanol–water partition coefficient (Wildman–Crippen LogP) is 7.65. The van der Waals surface area contributed by atoms with Crippen LogP contribution in [0.25, 0.3) is 49.0 Å². The maximum atomic E-state index is 14.1. The molecular weight excluding hydrogens is 421 g/mol. The summed E-state index contributed by atoms with van der Waals surface area (Å²) >= 11 is 0. The predicted molar refractivity (Wildman–Crippen MR) is 139 cm³/mol. The van der Waals surface area contributed by atoms with Crippen LogP contribution in [0.15, 0.2) is 103 Å². The molecule has 5 aromatic rings. The second-order valence-electron chi connectivity index (χ2n) is 8.51. The zero-order chi connectivity index (χ0) is 22.6. The van der Waals surface area contributed by atoms with Crippen molar-refractivity contribution in [1.82, 2.24) is 0 Å². The molecule has 1 unspecified atom stereocenters. The number of benzene rings is 5. The van der Waals surface area contributed by atoms with Crippen LogP contribution in [-0.4, -0.2) is 6.66 Å². The van der Waals surface area contributed by atoms with Gasteiger partial charge in [-0.15, -0.1) is 0 Å². The maximum absolute atomic E-state index is 14.1. The molecule has 0 N–H and O–H groups in total. The van der Waals surface area contributed by atoms with Crippen molar-refractivity contribution in [2.24, 2.45) is 0 Å². The smallest absolute Gasteiger partial charge is 0.187 e. The van der Waals surface area contributed by atoms with E-state index in [1.165, 1.54) is 0 Å². The number of rotatable bonds is 2. The van der Waals surface area contributed by atoms with E-state index in [1.54, 1.807) is 0 Å². The van der Waals surface area contributed by atoms with Crippen molar-refractivity contribution in [2.45, 2.75) is 0 Å². The van der Waals surface area contributed by atoms with Gasteiger partial charge in [0.2, 0.25) is 0 Å². The highest BCUT2D eigenvalue weighted by Gasteiger charge is 2.36. The van der Waals surface area contributed by atoms with Crippen molar-refractivity contribution in [1.29, 1.82) is 0 Å². The summed E-state index contributed by atoms with van der Waals surface area (Å²) < 4.78 is 14.1. The Bertz CT molecular complexity index is 1680. The topological polar surface area (TPSA) is 21.4 Å². The van der Waals surface area contributed by atoms with E-state index in [4.69, 9.17) is 6.57 Å². The molecule has 1 heterocycles. The highest BCUT2D eigenvalue weighted by Crippen LogP contribution is 2.53. The molecule has 0 spiro atoms. The molecule has 3 heteroatoms. The second-order valence-corrected chi connectivity index (χ2v) is 11.3. The average Bonchev–Trinajstić information content (AvgIpc) is 3.11. The van der Waals surface area contributed by atoms with Gasteiger partial charge in [0.25, 0.3) is 0 Å². The van der Waals surface area contributed by atoms with Crippen LogP contribution < -0.4 is 10.6 Å². The Balaban J connectivity index is 1.63. The standard InChI is InChI=1S/C30H20NOP/c1-31-21-10-7-9-20(19-21)22-17-18-25(24-12-4-3-11-23(22)24)27-14-8-15-28-26-13-5-6-16-29(26)33(2,32)30(27)28/h3-19H,2H3. The third kappa shape index (κ3) is 2.91. The molecule has 0 saturated carbocycles. The van der Waals surface area contributed by atoms with Gasteiger partial charge in [-0.25, -0.2) is 4.85 Å². The lowest BCUT2D eigenvalue weighted by Gasteiger charge is -2.17. The van der Waals surface area contributed by atoms with Gasteiger partial charge < -0.3 is 4.57 Å². The Labute approximate surface area is 193 Å². The Hall–Kier alpha value is -3.92. The van der Waals surface area contributed by atoms with Gasteiger partial charge in [-0.3, -0.25) is 0 Å². The van der Waals surface area contributed by atoms with Crippen LogP contribution in [0.4, 0.5) is 5.69 Å². The van der Waals surface area contributed by atoms with Gasteiger partial charge in [0.15, 0.2) is 5.69 Å². The lowest BCUT2D eigenvalue weighted by molar-refractivity contribution is 0.591. The van der Waals surface area contributed by atoms with Crippen LogP contribution in [-0.2, 0) is 4.57 Å². The van der Waals surface area contributed by atoms with E-state index in [9.17, 15) is 4.57 Å². The minimum Gasteiger partial charge on any atom is -0.314 e. The first-order chi connectivity index (χ1) is 16.1. The van der Waals surface area contributed by atoms with Crippen molar-refractivity contribution in [3.63, 3.8) is 0 Å². The van der Waals surface area contributed by atoms with Crippen LogP contribution >= 0.6 is 7.14 Å². The molecule has 0 fully saturated rings. The van der Waals surface area contributed by atoms with E-state index in [0.29, 0.717) is 5.69 Å². The molecule has 0 aromatic heterocycles. The Morgan fingerprint density at radius 3 is 2.03 bits per heavy atom. The van der Waals surface area contributed by atoms with E-state index in [0.717, 1.165) is 54.8 Å². The number of nitrogens with zero attached hydrogens (tertiary/aromatic N) is 1. The van der Waals surface area contributed by atoms with Crippen LogP contribution in [0, 0.1) is 6.57 Å². The van der Waals surface area contributed by atoms with E-state index < -0.39 is 7.14 Å². The summed E-state index contributed by atoms with van der Waals surface area (Å²) in [5.74, 6) is 0. The highest BCUT2D eigenvalue weighted by molar-refractivity contribution is 7.79. The Morgan fingerprint density at radius 2 is 1.24 bits per heavy atom. The van der Waals surface area contributed by atoms with Crippen LogP contribution in [0.3, 0.4) is 0 Å². The van der Waals surface area contributed by atoms with Crippen molar-refractivity contribution in [3.8, 4) is 33.4 Å². The van der Waals surface area contributed by atoms with Gasteiger partial charge in [-0.05, 0) is 56.9 Å². The minimum absolute atomic E-state index is 0.631. The molecule has 0 saturated heterocycles. The lowest BCUT2D eigenvalue weighted by Crippen LogP contribution is -2.11. The molecule has 33 heavy (non-hydrogen) atoms. The molecule has 0 amide bonds. The van der Waals surface area contributed by atoms with E-state index in [1.807, 2.05) is 55.2 Å². The van der Waals surface area contributed by atoms with Crippen molar-refractivity contribution >= 4 is 34.2 Å². The fourth-order valence-electron chi connectivity index (χ4n) is 5.16. The van der Waals surface area contributed by atoms with Crippen molar-refractivity contribution < 1.29 is 4.57 Å². The third-order valence-corrected chi connectivity index (χ3v) is 9.26. The molecule has 1 atom stereocenters. The summed E-state index contributed by atoms with van der Waals surface area (Å²) in [4.78, 5) is 3.60. The second kappa shape index (κ2) is 7.31. The van der Waals surface area contributed by atoms with Gasteiger partial charge in [0.05, 0.1) is 6.57 Å². The molecule has 2 nitrogen and oxygen atoms in total. The van der Waals surface area contributed by atoms with Gasteiger partial charge in [0, 0.05) is 10.6 Å². The van der Waals surface area contributed by atoms with Crippen LogP contribution in [0.5, 0.6) is 0 Å². The zero-order valence-electron chi connectivity index (χ0n) is 18.1. The molecule has 1 aliphatic rings. The number of hydrogen-bond acceptors (Lipinski definition) is 1. The summed E-state index contributed by atoms with van der Waals surface area (Å²) in [5.41, 5.74) is 7.03. The summed E-state index contributed by atoms with van der Waals surface area (Å²) in [6.07, 6.45) is 0. The quantitative estimate of drug-likeness (QED) is 0.204. The molecule has 156 valence electrons. The highest BCUT2D eigenvalue weighted by atomic mass is 31.2. The van der Waals surface area contributed by atoms with Gasteiger partial charge in [-0.1, -0.05) is 97.1 Å². The van der Waals surface area contributed by atoms with E-state index >= 15 is 0 Å². The average molecular weight is 441 g/mol. The lowest BCUT2D eigenvalue weighted by atomic mass is 9.91. The molecule has 0 bridgehead atoms. The zero-order valence-corrected chi connectivity index (χ0v) is 19.0. The molecule has 0 radical (unpaired) electrons. The minimum atomic E-state index is -2.72. The largest absolute Gasteiger partial charge is 0.314 e. The van der Waals surface area contributed by atoms with Crippen molar-refractivity contribution in [2.75, 3.05) is 6.66 Å². The maximum Gasteiger partial charge on any atom is 0.187 e. The van der Waals surface area contributed by atoms with E-state index in [-0.39, 0.29) is 0 Å². The molecule has 5 aromatic carbocycles. The summed E-state index contributed by atoms with van der Waals surface area (Å²) in [6.45, 7) is 9.27. The first kappa shape index (κ1) is 19.7. The summed E-state index contributed by atoms with van der Waals surface area (Å²) in [6, 6.07) is 34.7. The Morgan fingerprint density at radius 1 is 0.636 bits per heavy atom. The Kier molecular flexibility index (Phi) is 4.37. The van der Waals surface area contributed by atoms with Crippen LogP contribution in [0.1, 0.15) is 0 Å². The van der Waals surface area contributed by atoms with Gasteiger partial charge >= 0.3 is 0 Å². The van der Waals surface area contributed by atoms with Gasteiger partial charge in [0.1, 0.15) is 7.14 Å². The first-order valence-corrected chi connectivity index (χ1v) is 13.1. The van der Waals surface area contributed by atoms with E-state index in [2.05, 4.69) is 59.4 Å².